The summed E-state index contributed by atoms with van der Waals surface area (Å²) in [5, 5.41) is 3.55. The molecule has 2 aromatic rings. The van der Waals surface area contributed by atoms with Crippen LogP contribution in [0.15, 0.2) is 36.4 Å². The van der Waals surface area contributed by atoms with Crippen molar-refractivity contribution in [1.82, 2.24) is 0 Å². The van der Waals surface area contributed by atoms with Crippen LogP contribution < -0.4 is 10.1 Å². The Morgan fingerprint density at radius 2 is 1.95 bits per heavy atom. The van der Waals surface area contributed by atoms with Gasteiger partial charge in [0.15, 0.2) is 0 Å². The van der Waals surface area contributed by atoms with Gasteiger partial charge in [0.2, 0.25) is 0 Å². The second-order valence-corrected chi connectivity index (χ2v) is 6.62. The van der Waals surface area contributed by atoms with Crippen molar-refractivity contribution in [2.24, 2.45) is 0 Å². The SMILES string of the molecule is CC1=CC(C)(C)Nc2ccc3c(c21)COc1ccc(F)cc1-3. The number of hydrogen-bond acceptors (Lipinski definition) is 2. The van der Waals surface area contributed by atoms with Crippen molar-refractivity contribution in [1.29, 1.82) is 0 Å². The second-order valence-electron chi connectivity index (χ2n) is 6.62. The van der Waals surface area contributed by atoms with Gasteiger partial charge in [0.05, 0.1) is 5.54 Å². The Morgan fingerprint density at radius 1 is 1.14 bits per heavy atom. The van der Waals surface area contributed by atoms with E-state index < -0.39 is 0 Å². The van der Waals surface area contributed by atoms with E-state index in [-0.39, 0.29) is 11.4 Å². The standard InChI is InChI=1S/C19H18FNO/c1-11-9-19(2,3)21-16-6-5-13-14-8-12(20)4-7-17(14)22-10-15(13)18(11)16/h4-9,21H,10H2,1-3H3. The van der Waals surface area contributed by atoms with Crippen LogP contribution in [0.1, 0.15) is 31.9 Å². The zero-order valence-corrected chi connectivity index (χ0v) is 13.0. The third-order valence-corrected chi connectivity index (χ3v) is 4.35. The maximum Gasteiger partial charge on any atom is 0.127 e. The molecule has 2 aliphatic heterocycles. The first-order chi connectivity index (χ1) is 10.4. The summed E-state index contributed by atoms with van der Waals surface area (Å²) in [5.41, 5.74) is 6.51. The van der Waals surface area contributed by atoms with Crippen LogP contribution in [0.4, 0.5) is 10.1 Å². The number of benzene rings is 2. The lowest BCUT2D eigenvalue weighted by Crippen LogP contribution is -2.32. The van der Waals surface area contributed by atoms with E-state index in [1.165, 1.54) is 17.2 Å². The number of ether oxygens (including phenoxy) is 1. The van der Waals surface area contributed by atoms with Gasteiger partial charge < -0.3 is 10.1 Å². The van der Waals surface area contributed by atoms with Gasteiger partial charge in [-0.25, -0.2) is 4.39 Å². The van der Waals surface area contributed by atoms with Crippen LogP contribution in [0.25, 0.3) is 16.7 Å². The molecule has 2 aliphatic rings. The van der Waals surface area contributed by atoms with Crippen molar-refractivity contribution in [2.75, 3.05) is 5.32 Å². The lowest BCUT2D eigenvalue weighted by molar-refractivity contribution is 0.301. The van der Waals surface area contributed by atoms with E-state index in [2.05, 4.69) is 44.3 Å². The van der Waals surface area contributed by atoms with Crippen molar-refractivity contribution in [2.45, 2.75) is 32.9 Å². The predicted octanol–water partition coefficient (Wildman–Crippen LogP) is 4.99. The van der Waals surface area contributed by atoms with E-state index in [1.807, 2.05) is 0 Å². The highest BCUT2D eigenvalue weighted by Gasteiger charge is 2.28. The zero-order chi connectivity index (χ0) is 15.5. The van der Waals surface area contributed by atoms with E-state index in [0.717, 1.165) is 28.1 Å². The summed E-state index contributed by atoms with van der Waals surface area (Å²) in [5.74, 6) is 0.513. The average Bonchev–Trinajstić information content (AvgIpc) is 2.44. The average molecular weight is 295 g/mol. The first-order valence-corrected chi connectivity index (χ1v) is 7.51. The summed E-state index contributed by atoms with van der Waals surface area (Å²) >= 11 is 0. The van der Waals surface area contributed by atoms with Crippen molar-refractivity contribution >= 4 is 11.3 Å². The number of anilines is 1. The summed E-state index contributed by atoms with van der Waals surface area (Å²) in [6.07, 6.45) is 2.23. The number of halogens is 1. The first-order valence-electron chi connectivity index (χ1n) is 7.51. The van der Waals surface area contributed by atoms with Gasteiger partial charge in [-0.2, -0.15) is 0 Å². The molecule has 0 radical (unpaired) electrons. The minimum absolute atomic E-state index is 0.0646. The van der Waals surface area contributed by atoms with Gasteiger partial charge in [-0.05, 0) is 56.2 Å². The fourth-order valence-corrected chi connectivity index (χ4v) is 3.59. The van der Waals surface area contributed by atoms with Crippen LogP contribution in [0.2, 0.25) is 0 Å². The molecule has 0 amide bonds. The third-order valence-electron chi connectivity index (χ3n) is 4.35. The molecule has 3 heteroatoms. The molecular formula is C19H18FNO. The van der Waals surface area contributed by atoms with Crippen molar-refractivity contribution in [3.63, 3.8) is 0 Å². The monoisotopic (exact) mass is 295 g/mol. The van der Waals surface area contributed by atoms with E-state index in [1.54, 1.807) is 12.1 Å². The molecular weight excluding hydrogens is 277 g/mol. The van der Waals surface area contributed by atoms with Crippen molar-refractivity contribution in [3.8, 4) is 16.9 Å². The van der Waals surface area contributed by atoms with Crippen LogP contribution in [0.3, 0.4) is 0 Å². The summed E-state index contributed by atoms with van der Waals surface area (Å²) in [7, 11) is 0. The normalized spacial score (nSPS) is 17.4. The zero-order valence-electron chi connectivity index (χ0n) is 13.0. The van der Waals surface area contributed by atoms with E-state index in [0.29, 0.717) is 6.61 Å². The first kappa shape index (κ1) is 13.4. The van der Waals surface area contributed by atoms with E-state index in [4.69, 9.17) is 4.74 Å². The lowest BCUT2D eigenvalue weighted by Gasteiger charge is -2.34. The van der Waals surface area contributed by atoms with E-state index >= 15 is 0 Å². The molecule has 2 heterocycles. The Labute approximate surface area is 129 Å². The van der Waals surface area contributed by atoms with Crippen LogP contribution in [0, 0.1) is 5.82 Å². The van der Waals surface area contributed by atoms with Crippen LogP contribution >= 0.6 is 0 Å². The second kappa shape index (κ2) is 4.35. The quantitative estimate of drug-likeness (QED) is 0.739. The molecule has 2 aromatic carbocycles. The van der Waals surface area contributed by atoms with Gasteiger partial charge in [-0.15, -0.1) is 0 Å². The maximum atomic E-state index is 13.6. The number of nitrogens with one attached hydrogen (secondary N) is 1. The Kier molecular flexibility index (Phi) is 2.65. The largest absolute Gasteiger partial charge is 0.488 e. The predicted molar refractivity (Wildman–Crippen MR) is 87.5 cm³/mol. The molecule has 1 N–H and O–H groups in total. The minimum atomic E-state index is -0.237. The van der Waals surface area contributed by atoms with Crippen molar-refractivity contribution in [3.05, 3.63) is 53.4 Å². The third kappa shape index (κ3) is 1.92. The fourth-order valence-electron chi connectivity index (χ4n) is 3.59. The van der Waals surface area contributed by atoms with Gasteiger partial charge in [0.1, 0.15) is 18.2 Å². The molecule has 0 unspecified atom stereocenters. The molecule has 2 nitrogen and oxygen atoms in total. The molecule has 0 saturated carbocycles. The molecule has 112 valence electrons. The highest BCUT2D eigenvalue weighted by atomic mass is 19.1. The van der Waals surface area contributed by atoms with Crippen LogP contribution in [-0.2, 0) is 6.61 Å². The Bertz CT molecular complexity index is 820. The molecule has 0 atom stereocenters. The number of fused-ring (bicyclic) bond motifs is 5. The number of allylic oxidation sites excluding steroid dienone is 1. The number of hydrogen-bond donors (Lipinski definition) is 1. The highest BCUT2D eigenvalue weighted by Crippen LogP contribution is 2.45. The van der Waals surface area contributed by atoms with E-state index in [9.17, 15) is 4.39 Å². The molecule has 0 saturated heterocycles. The molecule has 0 aliphatic carbocycles. The topological polar surface area (TPSA) is 21.3 Å². The number of rotatable bonds is 0. The molecule has 22 heavy (non-hydrogen) atoms. The smallest absolute Gasteiger partial charge is 0.127 e. The van der Waals surface area contributed by atoms with Gasteiger partial charge in [0, 0.05) is 22.4 Å². The van der Waals surface area contributed by atoms with Gasteiger partial charge in [-0.1, -0.05) is 12.1 Å². The Morgan fingerprint density at radius 3 is 2.77 bits per heavy atom. The fraction of sp³-hybridized carbons (Fsp3) is 0.263. The molecule has 0 bridgehead atoms. The Balaban J connectivity index is 1.96. The van der Waals surface area contributed by atoms with Crippen LogP contribution in [0.5, 0.6) is 5.75 Å². The lowest BCUT2D eigenvalue weighted by atomic mass is 9.84. The van der Waals surface area contributed by atoms with Gasteiger partial charge >= 0.3 is 0 Å². The summed E-state index contributed by atoms with van der Waals surface area (Å²) in [4.78, 5) is 0. The summed E-state index contributed by atoms with van der Waals surface area (Å²) in [6.45, 7) is 6.95. The molecule has 0 aromatic heterocycles. The Hall–Kier alpha value is -2.29. The highest BCUT2D eigenvalue weighted by molar-refractivity contribution is 5.89. The molecule has 0 spiro atoms. The van der Waals surface area contributed by atoms with Crippen LogP contribution in [-0.4, -0.2) is 5.54 Å². The maximum absolute atomic E-state index is 13.6. The summed E-state index contributed by atoms with van der Waals surface area (Å²) in [6, 6.07) is 8.86. The molecule has 0 fully saturated rings. The van der Waals surface area contributed by atoms with Gasteiger partial charge in [0.25, 0.3) is 0 Å². The summed E-state index contributed by atoms with van der Waals surface area (Å²) < 4.78 is 19.5. The van der Waals surface area contributed by atoms with Gasteiger partial charge in [-0.3, -0.25) is 0 Å². The van der Waals surface area contributed by atoms with Crippen molar-refractivity contribution < 1.29 is 9.13 Å². The molecule has 4 rings (SSSR count). The minimum Gasteiger partial charge on any atom is -0.488 e.